The molecule has 0 radical (unpaired) electrons. The molecule has 0 aliphatic rings. The summed E-state index contributed by atoms with van der Waals surface area (Å²) in [6.45, 7) is 9.55. The Morgan fingerprint density at radius 2 is 1.69 bits per heavy atom. The second-order valence-corrected chi connectivity index (χ2v) is 9.48. The first-order valence-corrected chi connectivity index (χ1v) is 10.9. The molecule has 0 bridgehead atoms. The third kappa shape index (κ3) is 6.19. The van der Waals surface area contributed by atoms with Crippen molar-refractivity contribution in [3.05, 3.63) is 53.8 Å². The highest BCUT2D eigenvalue weighted by molar-refractivity contribution is 7.92. The summed E-state index contributed by atoms with van der Waals surface area (Å²) >= 11 is 0. The SMILES string of the molecule is CC(C)CN(CC(C)C)c1ccc(NS(=O)(=O)c2cccc(F)c2)cc1C(=O)O. The fourth-order valence-electron chi connectivity index (χ4n) is 3.05. The van der Waals surface area contributed by atoms with Crippen molar-refractivity contribution < 1.29 is 22.7 Å². The van der Waals surface area contributed by atoms with E-state index in [2.05, 4.69) is 32.4 Å². The van der Waals surface area contributed by atoms with Crippen molar-refractivity contribution >= 4 is 27.4 Å². The number of carboxylic acids is 1. The number of carbonyl (C=O) groups is 1. The van der Waals surface area contributed by atoms with Crippen molar-refractivity contribution in [2.45, 2.75) is 32.6 Å². The van der Waals surface area contributed by atoms with Crippen LogP contribution in [0.5, 0.6) is 0 Å². The lowest BCUT2D eigenvalue weighted by molar-refractivity contribution is 0.0697. The van der Waals surface area contributed by atoms with E-state index < -0.39 is 21.8 Å². The average molecular weight is 423 g/mol. The van der Waals surface area contributed by atoms with E-state index in [1.807, 2.05) is 4.90 Å². The summed E-state index contributed by atoms with van der Waals surface area (Å²) in [5.74, 6) is -1.18. The molecule has 158 valence electrons. The zero-order valence-corrected chi connectivity index (χ0v) is 17.8. The van der Waals surface area contributed by atoms with Crippen molar-refractivity contribution in [3.8, 4) is 0 Å². The summed E-state index contributed by atoms with van der Waals surface area (Å²) in [5, 5.41) is 9.71. The Balaban J connectivity index is 2.41. The van der Waals surface area contributed by atoms with E-state index in [1.54, 1.807) is 6.07 Å². The number of nitrogens with zero attached hydrogens (tertiary/aromatic N) is 1. The third-order valence-corrected chi connectivity index (χ3v) is 5.48. The Hall–Kier alpha value is -2.61. The number of sulfonamides is 1. The fraction of sp³-hybridized carbons (Fsp3) is 0.381. The van der Waals surface area contributed by atoms with Gasteiger partial charge >= 0.3 is 5.97 Å². The molecule has 0 saturated heterocycles. The first-order chi connectivity index (χ1) is 13.5. The number of halogens is 1. The van der Waals surface area contributed by atoms with Crippen molar-refractivity contribution in [2.24, 2.45) is 11.8 Å². The highest BCUT2D eigenvalue weighted by Gasteiger charge is 2.21. The minimum atomic E-state index is -4.05. The number of anilines is 2. The monoisotopic (exact) mass is 422 g/mol. The van der Waals surface area contributed by atoms with Gasteiger partial charge in [0, 0.05) is 18.8 Å². The van der Waals surface area contributed by atoms with Gasteiger partial charge in [-0.1, -0.05) is 33.8 Å². The van der Waals surface area contributed by atoms with Gasteiger partial charge < -0.3 is 10.0 Å². The molecule has 29 heavy (non-hydrogen) atoms. The van der Waals surface area contributed by atoms with Crippen LogP contribution in [-0.4, -0.2) is 32.6 Å². The minimum absolute atomic E-state index is 0.00532. The maximum Gasteiger partial charge on any atom is 0.337 e. The van der Waals surface area contributed by atoms with E-state index >= 15 is 0 Å². The number of nitrogens with one attached hydrogen (secondary N) is 1. The molecule has 2 aromatic carbocycles. The largest absolute Gasteiger partial charge is 0.478 e. The van der Waals surface area contributed by atoms with Gasteiger partial charge in [0.15, 0.2) is 0 Å². The van der Waals surface area contributed by atoms with Crippen molar-refractivity contribution in [1.82, 2.24) is 0 Å². The zero-order valence-electron chi connectivity index (χ0n) is 17.0. The Bertz CT molecular complexity index is 964. The van der Waals surface area contributed by atoms with Gasteiger partial charge in [-0.3, -0.25) is 4.72 Å². The predicted octanol–water partition coefficient (Wildman–Crippen LogP) is 4.44. The molecule has 8 heteroatoms. The Morgan fingerprint density at radius 1 is 1.07 bits per heavy atom. The summed E-state index contributed by atoms with van der Waals surface area (Å²) < 4.78 is 40.7. The van der Waals surface area contributed by atoms with Gasteiger partial charge in [-0.25, -0.2) is 17.6 Å². The molecule has 0 atom stereocenters. The average Bonchev–Trinajstić information content (AvgIpc) is 2.60. The quantitative estimate of drug-likeness (QED) is 0.624. The molecule has 0 aromatic heterocycles. The number of benzene rings is 2. The number of carboxylic acid groups (broad SMARTS) is 1. The number of hydrogen-bond donors (Lipinski definition) is 2. The first kappa shape index (κ1) is 22.7. The van der Waals surface area contributed by atoms with Crippen LogP contribution in [0.25, 0.3) is 0 Å². The molecular formula is C21H27FN2O4S. The van der Waals surface area contributed by atoms with Gasteiger partial charge in [-0.15, -0.1) is 0 Å². The van der Waals surface area contributed by atoms with Gasteiger partial charge in [0.2, 0.25) is 0 Å². The molecule has 0 spiro atoms. The van der Waals surface area contributed by atoms with Gasteiger partial charge in [0.25, 0.3) is 10.0 Å². The van der Waals surface area contributed by atoms with Crippen LogP contribution in [0.3, 0.4) is 0 Å². The summed E-state index contributed by atoms with van der Waals surface area (Å²) in [7, 11) is -4.05. The van der Waals surface area contributed by atoms with Crippen LogP contribution in [0.2, 0.25) is 0 Å². The lowest BCUT2D eigenvalue weighted by atomic mass is 10.1. The van der Waals surface area contributed by atoms with Crippen molar-refractivity contribution in [3.63, 3.8) is 0 Å². The number of hydrogen-bond acceptors (Lipinski definition) is 4. The van der Waals surface area contributed by atoms with Crippen LogP contribution < -0.4 is 9.62 Å². The van der Waals surface area contributed by atoms with Crippen LogP contribution in [0.15, 0.2) is 47.4 Å². The molecule has 6 nitrogen and oxygen atoms in total. The van der Waals surface area contributed by atoms with E-state index in [0.717, 1.165) is 12.1 Å². The van der Waals surface area contributed by atoms with Crippen LogP contribution in [0.1, 0.15) is 38.1 Å². The van der Waals surface area contributed by atoms with Gasteiger partial charge in [-0.05, 0) is 48.2 Å². The molecule has 0 amide bonds. The Labute approximate surface area is 171 Å². The zero-order chi connectivity index (χ0) is 21.8. The van der Waals surface area contributed by atoms with Gasteiger partial charge in [-0.2, -0.15) is 0 Å². The maximum absolute atomic E-state index is 13.4. The first-order valence-electron chi connectivity index (χ1n) is 9.40. The normalized spacial score (nSPS) is 11.7. The summed E-state index contributed by atoms with van der Waals surface area (Å²) in [6.07, 6.45) is 0. The van der Waals surface area contributed by atoms with E-state index in [4.69, 9.17) is 0 Å². The lowest BCUT2D eigenvalue weighted by Gasteiger charge is -2.30. The standard InChI is InChI=1S/C21H27FN2O4S/c1-14(2)12-24(13-15(3)4)20-9-8-17(11-19(20)21(25)26)23-29(27,28)18-7-5-6-16(22)10-18/h5-11,14-15,23H,12-13H2,1-4H3,(H,25,26). The topological polar surface area (TPSA) is 86.7 Å². The smallest absolute Gasteiger partial charge is 0.337 e. The molecule has 2 N–H and O–H groups in total. The van der Waals surface area contributed by atoms with Gasteiger partial charge in [0.05, 0.1) is 16.1 Å². The Kier molecular flexibility index (Phi) is 7.24. The molecule has 0 unspecified atom stereocenters. The van der Waals surface area contributed by atoms with E-state index in [9.17, 15) is 22.7 Å². The molecule has 2 aromatic rings. The van der Waals surface area contributed by atoms with Crippen molar-refractivity contribution in [1.29, 1.82) is 0 Å². The van der Waals surface area contributed by atoms with Crippen LogP contribution in [-0.2, 0) is 10.0 Å². The van der Waals surface area contributed by atoms with E-state index in [-0.39, 0.29) is 16.1 Å². The molecular weight excluding hydrogens is 395 g/mol. The maximum atomic E-state index is 13.4. The van der Waals surface area contributed by atoms with E-state index in [0.29, 0.717) is 30.6 Å². The molecule has 0 fully saturated rings. The molecule has 2 rings (SSSR count). The highest BCUT2D eigenvalue weighted by atomic mass is 32.2. The van der Waals surface area contributed by atoms with E-state index in [1.165, 1.54) is 24.3 Å². The second kappa shape index (κ2) is 9.26. The van der Waals surface area contributed by atoms with Crippen molar-refractivity contribution in [2.75, 3.05) is 22.7 Å². The number of aromatic carboxylic acids is 1. The van der Waals surface area contributed by atoms with Gasteiger partial charge in [0.1, 0.15) is 5.82 Å². The second-order valence-electron chi connectivity index (χ2n) is 7.79. The fourth-order valence-corrected chi connectivity index (χ4v) is 4.13. The minimum Gasteiger partial charge on any atom is -0.478 e. The predicted molar refractivity (Wildman–Crippen MR) is 112 cm³/mol. The highest BCUT2D eigenvalue weighted by Crippen LogP contribution is 2.27. The van der Waals surface area contributed by atoms with Crippen LogP contribution in [0.4, 0.5) is 15.8 Å². The molecule has 0 aliphatic carbocycles. The lowest BCUT2D eigenvalue weighted by Crippen LogP contribution is -2.32. The Morgan fingerprint density at radius 3 is 2.21 bits per heavy atom. The summed E-state index contributed by atoms with van der Waals surface area (Å²) in [4.78, 5) is 13.6. The molecule has 0 aliphatic heterocycles. The van der Waals surface area contributed by atoms with Crippen LogP contribution >= 0.6 is 0 Å². The number of rotatable bonds is 9. The molecule has 0 saturated carbocycles. The van der Waals surface area contributed by atoms with Crippen LogP contribution in [0, 0.1) is 17.7 Å². The summed E-state index contributed by atoms with van der Waals surface area (Å²) in [6, 6.07) is 9.04. The molecule has 0 heterocycles. The third-order valence-electron chi connectivity index (χ3n) is 4.10. The summed E-state index contributed by atoms with van der Waals surface area (Å²) in [5.41, 5.74) is 0.642.